The van der Waals surface area contributed by atoms with E-state index in [0.717, 1.165) is 5.76 Å². The summed E-state index contributed by atoms with van der Waals surface area (Å²) in [4.78, 5) is 53.1. The molecule has 2 aliphatic heterocycles. The van der Waals surface area contributed by atoms with E-state index in [-0.39, 0.29) is 22.4 Å². The van der Waals surface area contributed by atoms with Gasteiger partial charge in [0.15, 0.2) is 5.75 Å². The molecule has 1 aliphatic carbocycles. The molecule has 220 valence electrons. The van der Waals surface area contributed by atoms with E-state index in [0.29, 0.717) is 38.4 Å². The Hall–Kier alpha value is -3.70. The Kier molecular flexibility index (Phi) is 7.46. The summed E-state index contributed by atoms with van der Waals surface area (Å²) >= 11 is 0. The number of para-hydroxylation sites is 1. The Bertz CT molecular complexity index is 1370. The number of carbonyl (C=O) groups excluding carboxylic acids is 4. The number of ketones is 2. The fourth-order valence-electron chi connectivity index (χ4n) is 5.62. The average molecular weight is 568 g/mol. The van der Waals surface area contributed by atoms with Crippen LogP contribution in [-0.2, 0) is 23.9 Å². The molecule has 4 atom stereocenters. The Morgan fingerprint density at radius 3 is 2.44 bits per heavy atom. The topological polar surface area (TPSA) is 147 Å². The lowest BCUT2D eigenvalue weighted by molar-refractivity contribution is -0.159. The number of furan rings is 1. The van der Waals surface area contributed by atoms with E-state index in [1.807, 2.05) is 26.0 Å². The van der Waals surface area contributed by atoms with E-state index in [4.69, 9.17) is 13.9 Å². The highest BCUT2D eigenvalue weighted by Crippen LogP contribution is 2.42. The number of ether oxygens (including phenoxy) is 2. The maximum absolute atomic E-state index is 13.5. The summed E-state index contributed by atoms with van der Waals surface area (Å²) in [5.74, 6) is -1.22. The van der Waals surface area contributed by atoms with Crippen LogP contribution in [-0.4, -0.2) is 76.9 Å². The van der Waals surface area contributed by atoms with E-state index in [1.54, 1.807) is 26.8 Å². The van der Waals surface area contributed by atoms with Gasteiger partial charge >= 0.3 is 5.97 Å². The number of nitrogens with zero attached hydrogens (tertiary/aromatic N) is 1. The normalized spacial score (nSPS) is 24.4. The zero-order chi connectivity index (χ0) is 29.7. The molecular formula is C30H37N3O8. The van der Waals surface area contributed by atoms with E-state index in [1.165, 1.54) is 17.0 Å². The second-order valence-corrected chi connectivity index (χ2v) is 12.4. The van der Waals surface area contributed by atoms with Crippen molar-refractivity contribution in [2.75, 3.05) is 25.1 Å². The van der Waals surface area contributed by atoms with Gasteiger partial charge in [0.25, 0.3) is 5.91 Å². The van der Waals surface area contributed by atoms with Crippen molar-refractivity contribution >= 4 is 29.1 Å². The number of rotatable bonds is 8. The number of aryl methyl sites for hydroxylation is 1. The van der Waals surface area contributed by atoms with Crippen molar-refractivity contribution in [2.24, 2.45) is 5.41 Å². The van der Waals surface area contributed by atoms with Crippen LogP contribution in [0.3, 0.4) is 0 Å². The molecule has 5 rings (SSSR count). The van der Waals surface area contributed by atoms with Crippen LogP contribution in [0.25, 0.3) is 0 Å². The van der Waals surface area contributed by atoms with Crippen molar-refractivity contribution < 1.29 is 38.2 Å². The Labute approximate surface area is 238 Å². The van der Waals surface area contributed by atoms with E-state index < -0.39 is 53.2 Å². The molecule has 11 heteroatoms. The second-order valence-electron chi connectivity index (χ2n) is 12.4. The van der Waals surface area contributed by atoms with Gasteiger partial charge < -0.3 is 29.2 Å². The molecule has 3 fully saturated rings. The number of Topliss-reactive ketones (excluding diaryl/α,β-unsaturated/α-hetero) is 2. The van der Waals surface area contributed by atoms with E-state index in [9.17, 15) is 24.3 Å². The first kappa shape index (κ1) is 28.8. The molecule has 0 bridgehead atoms. The molecule has 2 aromatic rings. The number of carbonyl (C=O) groups is 4. The van der Waals surface area contributed by atoms with E-state index >= 15 is 0 Å². The highest BCUT2D eigenvalue weighted by molar-refractivity contribution is 6.49. The van der Waals surface area contributed by atoms with Crippen LogP contribution in [0.15, 0.2) is 34.7 Å². The van der Waals surface area contributed by atoms with Gasteiger partial charge in [-0.05, 0) is 64.8 Å². The van der Waals surface area contributed by atoms with Crippen molar-refractivity contribution in [3.63, 3.8) is 0 Å². The number of phenols is 1. The fraction of sp³-hybridized carbons (Fsp3) is 0.533. The Balaban J connectivity index is 1.34. The molecule has 3 N–H and O–H groups in total. The summed E-state index contributed by atoms with van der Waals surface area (Å²) in [7, 11) is 0. The first-order valence-corrected chi connectivity index (χ1v) is 13.9. The SMILES string of the molecule is Cc1ccc(C(NC2C(=O)C(=O)C2Nc2cccc(C(=O)N3CCC[C@@H]3C(=O)OC(C)(C)C)c2O)C2(C)COC2)o1. The summed E-state index contributed by atoms with van der Waals surface area (Å²) in [6.45, 7) is 10.4. The number of esters is 1. The number of phenolic OH excluding ortho intramolecular Hbond substituents is 1. The second kappa shape index (κ2) is 10.6. The maximum atomic E-state index is 13.5. The highest BCUT2D eigenvalue weighted by atomic mass is 16.6. The van der Waals surface area contributed by atoms with Gasteiger partial charge in [-0.3, -0.25) is 19.7 Å². The van der Waals surface area contributed by atoms with Crippen LogP contribution in [0.4, 0.5) is 5.69 Å². The number of benzene rings is 1. The lowest BCUT2D eigenvalue weighted by Crippen LogP contribution is -2.69. The van der Waals surface area contributed by atoms with Crippen molar-refractivity contribution in [2.45, 2.75) is 77.2 Å². The number of aromatic hydroxyl groups is 1. The monoisotopic (exact) mass is 567 g/mol. The molecule has 0 spiro atoms. The molecule has 3 heterocycles. The zero-order valence-electron chi connectivity index (χ0n) is 24.0. The predicted octanol–water partition coefficient (Wildman–Crippen LogP) is 2.91. The molecule has 1 aromatic heterocycles. The first-order valence-electron chi connectivity index (χ1n) is 13.9. The minimum absolute atomic E-state index is 0.0175. The Morgan fingerprint density at radius 1 is 1.12 bits per heavy atom. The quantitative estimate of drug-likeness (QED) is 0.247. The number of hydrogen-bond donors (Lipinski definition) is 3. The molecule has 1 amide bonds. The third kappa shape index (κ3) is 5.48. The zero-order valence-corrected chi connectivity index (χ0v) is 24.0. The van der Waals surface area contributed by atoms with Crippen LogP contribution >= 0.6 is 0 Å². The molecule has 41 heavy (non-hydrogen) atoms. The van der Waals surface area contributed by atoms with Crippen molar-refractivity contribution in [1.29, 1.82) is 0 Å². The third-order valence-electron chi connectivity index (χ3n) is 7.86. The van der Waals surface area contributed by atoms with Gasteiger partial charge in [-0.15, -0.1) is 0 Å². The minimum Gasteiger partial charge on any atom is -0.505 e. The molecular weight excluding hydrogens is 530 g/mol. The van der Waals surface area contributed by atoms with Crippen LogP contribution in [0.1, 0.15) is 68.5 Å². The Morgan fingerprint density at radius 2 is 1.83 bits per heavy atom. The molecule has 1 aromatic carbocycles. The first-order chi connectivity index (χ1) is 19.3. The standard InChI is InChI=1S/C30H37N3O8/c1-16-11-12-20(40-16)26(30(5)14-39-15-30)32-22-21(24(35)25(22)36)31-18-9-6-8-17(23(18)34)27(37)33-13-7-10-19(33)28(38)41-29(2,3)4/h6,8-9,11-12,19,21-22,26,31-32,34H,7,10,13-15H2,1-5H3/t19-,21?,22?,26?/m1/s1. The number of likely N-dealkylation sites (tertiary alicyclic amines) is 1. The molecule has 3 aliphatic rings. The molecule has 2 saturated heterocycles. The highest BCUT2D eigenvalue weighted by Gasteiger charge is 2.54. The molecule has 11 nitrogen and oxygen atoms in total. The van der Waals surface area contributed by atoms with Crippen LogP contribution in [0, 0.1) is 12.3 Å². The minimum atomic E-state index is -0.969. The summed E-state index contributed by atoms with van der Waals surface area (Å²) < 4.78 is 16.8. The van der Waals surface area contributed by atoms with Gasteiger partial charge in [-0.25, -0.2) is 4.79 Å². The number of amides is 1. The van der Waals surface area contributed by atoms with Crippen molar-refractivity contribution in [3.05, 3.63) is 47.4 Å². The summed E-state index contributed by atoms with van der Waals surface area (Å²) in [5.41, 5.74) is -0.931. The summed E-state index contributed by atoms with van der Waals surface area (Å²) in [5, 5.41) is 17.4. The maximum Gasteiger partial charge on any atom is 0.329 e. The third-order valence-corrected chi connectivity index (χ3v) is 7.86. The van der Waals surface area contributed by atoms with Crippen molar-refractivity contribution in [1.82, 2.24) is 10.2 Å². The van der Waals surface area contributed by atoms with Crippen LogP contribution in [0.2, 0.25) is 0 Å². The summed E-state index contributed by atoms with van der Waals surface area (Å²) in [6, 6.07) is 5.24. The van der Waals surface area contributed by atoms with Crippen molar-refractivity contribution in [3.8, 4) is 5.75 Å². The molecule has 0 radical (unpaired) electrons. The van der Waals surface area contributed by atoms with E-state index in [2.05, 4.69) is 10.6 Å². The molecule has 1 saturated carbocycles. The molecule has 3 unspecified atom stereocenters. The lowest BCUT2D eigenvalue weighted by Gasteiger charge is -2.47. The van der Waals surface area contributed by atoms with Gasteiger partial charge in [0.05, 0.1) is 30.5 Å². The predicted molar refractivity (Wildman–Crippen MR) is 147 cm³/mol. The number of hydrogen-bond acceptors (Lipinski definition) is 10. The number of nitrogens with one attached hydrogen (secondary N) is 2. The lowest BCUT2D eigenvalue weighted by atomic mass is 9.76. The van der Waals surface area contributed by atoms with Gasteiger partial charge in [-0.2, -0.15) is 0 Å². The number of anilines is 1. The van der Waals surface area contributed by atoms with Gasteiger partial charge in [0.2, 0.25) is 11.6 Å². The van der Waals surface area contributed by atoms with Gasteiger partial charge in [0, 0.05) is 12.0 Å². The van der Waals surface area contributed by atoms with Crippen LogP contribution < -0.4 is 10.6 Å². The largest absolute Gasteiger partial charge is 0.505 e. The van der Waals surface area contributed by atoms with Crippen LogP contribution in [0.5, 0.6) is 5.75 Å². The average Bonchev–Trinajstić information content (AvgIpc) is 3.55. The smallest absolute Gasteiger partial charge is 0.329 e. The summed E-state index contributed by atoms with van der Waals surface area (Å²) in [6.07, 6.45) is 1.09. The van der Waals surface area contributed by atoms with Gasteiger partial charge in [-0.1, -0.05) is 13.0 Å². The van der Waals surface area contributed by atoms with Gasteiger partial charge in [0.1, 0.15) is 35.2 Å². The fourth-order valence-corrected chi connectivity index (χ4v) is 5.62.